The summed E-state index contributed by atoms with van der Waals surface area (Å²) in [6, 6.07) is -2.76. The molecule has 5 N–H and O–H groups in total. The first-order valence-corrected chi connectivity index (χ1v) is 13.1. The van der Waals surface area contributed by atoms with Crippen LogP contribution in [0, 0.1) is 0 Å². The van der Waals surface area contributed by atoms with Crippen LogP contribution in [0.2, 0.25) is 0 Å². The molecule has 0 spiro atoms. The standard InChI is InChI=1S/C26H43N3O5S/c1-7-27-26(34)29-22(25(32)33)16-24(31)28-23(21(6)30)17-35-15-14-20(5)13-9-12-19(4)11-8-10-18(2)3/h10,12,14,22-23,30H,6-9,11,13,15-17H2,1-5H3,(H,28,31)(H,32,33)(H2,27,29,34)/b19-12+,20-14+/t22?,23-/m0/s1. The molecule has 0 heterocycles. The number of carbonyl (C=O) groups is 3. The van der Waals surface area contributed by atoms with Crippen molar-refractivity contribution >= 4 is 29.7 Å². The van der Waals surface area contributed by atoms with E-state index in [0.29, 0.717) is 18.1 Å². The van der Waals surface area contributed by atoms with E-state index in [-0.39, 0.29) is 5.76 Å². The van der Waals surface area contributed by atoms with Crippen molar-refractivity contribution in [2.24, 2.45) is 0 Å². The number of allylic oxidation sites excluding steroid dienone is 5. The molecule has 0 saturated carbocycles. The maximum absolute atomic E-state index is 12.3. The number of aliphatic carboxylic acids is 1. The van der Waals surface area contributed by atoms with Crippen LogP contribution in [-0.4, -0.2) is 58.3 Å². The van der Waals surface area contributed by atoms with Crippen LogP contribution in [0.25, 0.3) is 0 Å². The van der Waals surface area contributed by atoms with E-state index in [1.165, 1.54) is 28.5 Å². The Morgan fingerprint density at radius 3 is 2.06 bits per heavy atom. The summed E-state index contributed by atoms with van der Waals surface area (Å²) in [7, 11) is 0. The molecule has 0 saturated heterocycles. The number of amides is 3. The van der Waals surface area contributed by atoms with Gasteiger partial charge in [0.1, 0.15) is 11.8 Å². The number of carboxylic acid groups (broad SMARTS) is 1. The SMILES string of the molecule is C=C(O)[C@H](CSC/C=C(\C)CC/C=C(\C)CCC=C(C)C)NC(=O)CC(NC(=O)NCC)C(=O)O. The highest BCUT2D eigenvalue weighted by Gasteiger charge is 2.25. The van der Waals surface area contributed by atoms with Crippen LogP contribution in [0.5, 0.6) is 0 Å². The van der Waals surface area contributed by atoms with Crippen LogP contribution < -0.4 is 16.0 Å². The minimum atomic E-state index is -1.38. The highest BCUT2D eigenvalue weighted by molar-refractivity contribution is 7.99. The van der Waals surface area contributed by atoms with Crippen molar-refractivity contribution in [2.75, 3.05) is 18.1 Å². The van der Waals surface area contributed by atoms with Gasteiger partial charge in [-0.1, -0.05) is 41.5 Å². The molecule has 1 unspecified atom stereocenters. The monoisotopic (exact) mass is 509 g/mol. The average molecular weight is 510 g/mol. The Bertz CT molecular complexity index is 801. The molecule has 0 aliphatic carbocycles. The number of hydrogen-bond acceptors (Lipinski definition) is 5. The molecule has 0 aromatic carbocycles. The summed E-state index contributed by atoms with van der Waals surface area (Å²) in [6.07, 6.45) is 10.3. The first kappa shape index (κ1) is 32.3. The number of thioether (sulfide) groups is 1. The van der Waals surface area contributed by atoms with Gasteiger partial charge < -0.3 is 26.2 Å². The van der Waals surface area contributed by atoms with Crippen LogP contribution in [0.15, 0.2) is 47.3 Å². The number of aliphatic hydroxyl groups excluding tert-OH is 1. The summed E-state index contributed by atoms with van der Waals surface area (Å²) in [6.45, 7) is 14.0. The Morgan fingerprint density at radius 2 is 1.51 bits per heavy atom. The molecule has 9 heteroatoms. The summed E-state index contributed by atoms with van der Waals surface area (Å²) in [5, 5.41) is 26.3. The lowest BCUT2D eigenvalue weighted by molar-refractivity contribution is -0.141. The Balaban J connectivity index is 4.53. The molecule has 0 aromatic heterocycles. The number of carboxylic acids is 1. The minimum Gasteiger partial charge on any atom is -0.511 e. The van der Waals surface area contributed by atoms with Crippen molar-refractivity contribution < 1.29 is 24.6 Å². The molecule has 0 aliphatic heterocycles. The normalized spacial score (nSPS) is 13.4. The number of rotatable bonds is 17. The zero-order chi connectivity index (χ0) is 26.8. The molecule has 0 rings (SSSR count). The quantitative estimate of drug-likeness (QED) is 0.108. The molecule has 35 heavy (non-hydrogen) atoms. The fourth-order valence-electron chi connectivity index (χ4n) is 2.96. The van der Waals surface area contributed by atoms with E-state index in [0.717, 1.165) is 25.7 Å². The summed E-state index contributed by atoms with van der Waals surface area (Å²) >= 11 is 1.53. The van der Waals surface area contributed by atoms with Gasteiger partial charge in [0.05, 0.1) is 12.5 Å². The predicted molar refractivity (Wildman–Crippen MR) is 145 cm³/mol. The highest BCUT2D eigenvalue weighted by Crippen LogP contribution is 2.14. The summed E-state index contributed by atoms with van der Waals surface area (Å²) < 4.78 is 0. The summed E-state index contributed by atoms with van der Waals surface area (Å²) in [5.41, 5.74) is 4.02. The van der Waals surface area contributed by atoms with Gasteiger partial charge in [-0.3, -0.25) is 4.79 Å². The second-order valence-corrected chi connectivity index (χ2v) is 9.78. The van der Waals surface area contributed by atoms with Gasteiger partial charge in [0.15, 0.2) is 0 Å². The zero-order valence-corrected chi connectivity index (χ0v) is 22.6. The topological polar surface area (TPSA) is 128 Å². The first-order valence-electron chi connectivity index (χ1n) is 11.9. The molecule has 0 bridgehead atoms. The van der Waals surface area contributed by atoms with Gasteiger partial charge in [0.2, 0.25) is 5.91 Å². The molecule has 198 valence electrons. The van der Waals surface area contributed by atoms with E-state index in [1.807, 2.05) is 0 Å². The van der Waals surface area contributed by atoms with Crippen LogP contribution in [0.3, 0.4) is 0 Å². The van der Waals surface area contributed by atoms with Crippen molar-refractivity contribution in [1.82, 2.24) is 16.0 Å². The van der Waals surface area contributed by atoms with Crippen molar-refractivity contribution in [3.8, 4) is 0 Å². The van der Waals surface area contributed by atoms with Gasteiger partial charge in [0, 0.05) is 18.1 Å². The van der Waals surface area contributed by atoms with Gasteiger partial charge in [0.25, 0.3) is 0 Å². The lowest BCUT2D eigenvalue weighted by atomic mass is 10.1. The number of urea groups is 1. The molecule has 0 aromatic rings. The van der Waals surface area contributed by atoms with E-state index in [4.69, 9.17) is 0 Å². The second kappa shape index (κ2) is 18.6. The third-order valence-corrected chi connectivity index (χ3v) is 6.00. The maximum Gasteiger partial charge on any atom is 0.326 e. The van der Waals surface area contributed by atoms with Crippen LogP contribution >= 0.6 is 11.8 Å². The largest absolute Gasteiger partial charge is 0.511 e. The maximum atomic E-state index is 12.3. The molecular formula is C26H43N3O5S. The molecule has 0 radical (unpaired) electrons. The Labute approximate surface area is 214 Å². The fourth-order valence-corrected chi connectivity index (χ4v) is 4.01. The molecule has 0 fully saturated rings. The summed E-state index contributed by atoms with van der Waals surface area (Å²) in [4.78, 5) is 35.2. The van der Waals surface area contributed by atoms with Crippen LogP contribution in [0.1, 0.15) is 66.7 Å². The Hall–Kier alpha value is -2.68. The first-order chi connectivity index (χ1) is 16.5. The highest BCUT2D eigenvalue weighted by atomic mass is 32.2. The van der Waals surface area contributed by atoms with Crippen LogP contribution in [0.4, 0.5) is 4.79 Å². The molecule has 3 amide bonds. The van der Waals surface area contributed by atoms with E-state index in [1.54, 1.807) is 6.92 Å². The van der Waals surface area contributed by atoms with Gasteiger partial charge >= 0.3 is 12.0 Å². The second-order valence-electron chi connectivity index (χ2n) is 8.71. The van der Waals surface area contributed by atoms with Crippen LogP contribution in [-0.2, 0) is 9.59 Å². The third-order valence-electron chi connectivity index (χ3n) is 5.02. The predicted octanol–water partition coefficient (Wildman–Crippen LogP) is 4.86. The van der Waals surface area contributed by atoms with E-state index in [9.17, 15) is 24.6 Å². The van der Waals surface area contributed by atoms with Crippen molar-refractivity contribution in [2.45, 2.75) is 78.8 Å². The lowest BCUT2D eigenvalue weighted by Gasteiger charge is -2.19. The zero-order valence-electron chi connectivity index (χ0n) is 21.8. The molecule has 0 aliphatic rings. The Morgan fingerprint density at radius 1 is 0.914 bits per heavy atom. The third kappa shape index (κ3) is 17.4. The minimum absolute atomic E-state index is 0.205. The molecule has 8 nitrogen and oxygen atoms in total. The van der Waals surface area contributed by atoms with Crippen molar-refractivity contribution in [3.05, 3.63) is 47.3 Å². The van der Waals surface area contributed by atoms with Crippen molar-refractivity contribution in [1.29, 1.82) is 0 Å². The van der Waals surface area contributed by atoms with Gasteiger partial charge in [-0.15, -0.1) is 0 Å². The van der Waals surface area contributed by atoms with Gasteiger partial charge in [-0.05, 0) is 60.3 Å². The smallest absolute Gasteiger partial charge is 0.326 e. The van der Waals surface area contributed by atoms with Crippen molar-refractivity contribution in [3.63, 3.8) is 0 Å². The molecule has 2 atom stereocenters. The van der Waals surface area contributed by atoms with Gasteiger partial charge in [-0.25, -0.2) is 9.59 Å². The van der Waals surface area contributed by atoms with Gasteiger partial charge in [-0.2, -0.15) is 11.8 Å². The van der Waals surface area contributed by atoms with E-state index >= 15 is 0 Å². The Kier molecular flexibility index (Phi) is 17.2. The fraction of sp³-hybridized carbons (Fsp3) is 0.577. The lowest BCUT2D eigenvalue weighted by Crippen LogP contribution is -2.49. The average Bonchev–Trinajstić information content (AvgIpc) is 2.75. The number of nitrogens with one attached hydrogen (secondary N) is 3. The number of hydrogen-bond donors (Lipinski definition) is 5. The van der Waals surface area contributed by atoms with E-state index in [2.05, 4.69) is 68.5 Å². The number of carbonyl (C=O) groups excluding carboxylic acids is 2. The van der Waals surface area contributed by atoms with E-state index < -0.39 is 36.4 Å². The summed E-state index contributed by atoms with van der Waals surface area (Å²) in [5.74, 6) is -1.03. The molecular weight excluding hydrogens is 466 g/mol. The number of aliphatic hydroxyl groups is 1.